The van der Waals surface area contributed by atoms with E-state index in [1.54, 1.807) is 0 Å². The molecule has 0 aromatic heterocycles. The molecule has 0 spiro atoms. The Balaban J connectivity index is 6.19. The van der Waals surface area contributed by atoms with E-state index in [2.05, 4.69) is 13.6 Å². The van der Waals surface area contributed by atoms with Gasteiger partial charge in [-0.1, -0.05) is 0 Å². The highest BCUT2D eigenvalue weighted by Crippen LogP contribution is 2.56. The highest BCUT2D eigenvalue weighted by molar-refractivity contribution is 7.41. The van der Waals surface area contributed by atoms with Crippen LogP contribution in [0.3, 0.4) is 0 Å². The van der Waals surface area contributed by atoms with Gasteiger partial charge in [0.1, 0.15) is 19.8 Å². The molecular weight excluding hydrogens is 672 g/mol. The van der Waals surface area contributed by atoms with Gasteiger partial charge in [-0.15, -0.1) is 0 Å². The van der Waals surface area contributed by atoms with E-state index < -0.39 is 88.4 Å². The van der Waals surface area contributed by atoms with E-state index in [4.69, 9.17) is 0 Å². The summed E-state index contributed by atoms with van der Waals surface area (Å²) in [7, 11) is -5.23. The van der Waals surface area contributed by atoms with Crippen molar-refractivity contribution in [2.45, 2.75) is 60.0 Å². The van der Waals surface area contributed by atoms with E-state index in [0.717, 1.165) is 0 Å². The molecular formula is C13H6F23O3P. The summed E-state index contributed by atoms with van der Waals surface area (Å²) in [6, 6.07) is 0. The van der Waals surface area contributed by atoms with Gasteiger partial charge in [0, 0.05) is 0 Å². The number of halogens is 23. The smallest absolute Gasteiger partial charge is 0.306 e. The fourth-order valence-corrected chi connectivity index (χ4v) is 2.63. The second kappa shape index (κ2) is 11.1. The van der Waals surface area contributed by atoms with Crippen LogP contribution in [0.5, 0.6) is 0 Å². The van der Waals surface area contributed by atoms with Crippen LogP contribution in [0.2, 0.25) is 0 Å². The van der Waals surface area contributed by atoms with Gasteiger partial charge in [-0.2, -0.15) is 101 Å². The van der Waals surface area contributed by atoms with Crippen LogP contribution in [-0.4, -0.2) is 79.8 Å². The van der Waals surface area contributed by atoms with Gasteiger partial charge in [0.05, 0.1) is 0 Å². The number of hydrogen-bond donors (Lipinski definition) is 0. The first-order valence-corrected chi connectivity index (χ1v) is 9.67. The third kappa shape index (κ3) is 7.36. The van der Waals surface area contributed by atoms with Gasteiger partial charge >= 0.3 is 68.6 Å². The van der Waals surface area contributed by atoms with Gasteiger partial charge in [-0.05, 0) is 0 Å². The SMILES string of the molecule is FC(F)(F)C(F)(F)C(F)(F)COP(OCC(F)(F)C(F)(F)C(F)(F)F)OCC(F)(F)C(F)(F)C(F)(F)C(F)(F)F. The zero-order chi connectivity index (χ0) is 32.8. The second-order valence-electron chi connectivity index (χ2n) is 6.95. The van der Waals surface area contributed by atoms with Gasteiger partial charge in [0.15, 0.2) is 0 Å². The Morgan fingerprint density at radius 3 is 0.700 bits per heavy atom. The number of alkyl halides is 23. The molecule has 40 heavy (non-hydrogen) atoms. The fourth-order valence-electron chi connectivity index (χ4n) is 1.61. The van der Waals surface area contributed by atoms with E-state index in [9.17, 15) is 101 Å². The molecule has 0 heterocycles. The summed E-state index contributed by atoms with van der Waals surface area (Å²) in [6.07, 6.45) is -21.9. The molecule has 0 radical (unpaired) electrons. The van der Waals surface area contributed by atoms with Crippen molar-refractivity contribution in [3.63, 3.8) is 0 Å². The van der Waals surface area contributed by atoms with E-state index in [0.29, 0.717) is 0 Å². The van der Waals surface area contributed by atoms with Gasteiger partial charge in [-0.3, -0.25) is 0 Å². The first-order valence-electron chi connectivity index (χ1n) is 8.57. The molecule has 0 aliphatic heterocycles. The Morgan fingerprint density at radius 2 is 0.500 bits per heavy atom. The highest BCUT2D eigenvalue weighted by Gasteiger charge is 2.82. The van der Waals surface area contributed by atoms with Gasteiger partial charge in [0.2, 0.25) is 0 Å². The van der Waals surface area contributed by atoms with Crippen LogP contribution >= 0.6 is 8.60 Å². The maximum absolute atomic E-state index is 13.4. The molecule has 242 valence electrons. The molecule has 0 aromatic rings. The summed E-state index contributed by atoms with van der Waals surface area (Å²) in [6.45, 7) is -11.1. The molecule has 0 fully saturated rings. The van der Waals surface area contributed by atoms with E-state index >= 15 is 0 Å². The van der Waals surface area contributed by atoms with E-state index in [1.807, 2.05) is 0 Å². The quantitative estimate of drug-likeness (QED) is 0.145. The topological polar surface area (TPSA) is 27.7 Å². The summed E-state index contributed by atoms with van der Waals surface area (Å²) in [5.41, 5.74) is 0. The normalized spacial score (nSPS) is 16.2. The highest BCUT2D eigenvalue weighted by atomic mass is 31.2. The molecule has 27 heteroatoms. The zero-order valence-corrected chi connectivity index (χ0v) is 18.4. The van der Waals surface area contributed by atoms with Crippen molar-refractivity contribution in [1.29, 1.82) is 0 Å². The fraction of sp³-hybridized carbons (Fsp3) is 1.00. The summed E-state index contributed by atoms with van der Waals surface area (Å²) >= 11 is 0. The minimum Gasteiger partial charge on any atom is -0.306 e. The van der Waals surface area contributed by atoms with Gasteiger partial charge in [0.25, 0.3) is 0 Å². The van der Waals surface area contributed by atoms with Gasteiger partial charge < -0.3 is 13.6 Å². The predicted octanol–water partition coefficient (Wildman–Crippen LogP) is 8.40. The molecule has 0 amide bonds. The predicted molar refractivity (Wildman–Crippen MR) is 77.6 cm³/mol. The maximum atomic E-state index is 13.4. The summed E-state index contributed by atoms with van der Waals surface area (Å²) in [5, 5.41) is 0. The van der Waals surface area contributed by atoms with Crippen molar-refractivity contribution in [3.05, 3.63) is 0 Å². The van der Waals surface area contributed by atoms with Crippen LogP contribution in [-0.2, 0) is 13.6 Å². The zero-order valence-electron chi connectivity index (χ0n) is 17.5. The van der Waals surface area contributed by atoms with Crippen molar-refractivity contribution >= 4 is 8.60 Å². The third-order valence-corrected chi connectivity index (χ3v) is 4.91. The summed E-state index contributed by atoms with van der Waals surface area (Å²) in [4.78, 5) is 0. The minimum atomic E-state index is -7.69. The summed E-state index contributed by atoms with van der Waals surface area (Å²) in [5.74, 6) is -49.9. The molecule has 0 bridgehead atoms. The van der Waals surface area contributed by atoms with Crippen LogP contribution in [0.15, 0.2) is 0 Å². The molecule has 0 saturated carbocycles. The molecule has 0 N–H and O–H groups in total. The number of hydrogen-bond acceptors (Lipinski definition) is 3. The molecule has 0 unspecified atom stereocenters. The van der Waals surface area contributed by atoms with Crippen LogP contribution in [0.1, 0.15) is 0 Å². The Labute approximate surface area is 204 Å². The van der Waals surface area contributed by atoms with Crippen LogP contribution in [0, 0.1) is 0 Å². The average molecular weight is 678 g/mol. The molecule has 0 rings (SSSR count). The van der Waals surface area contributed by atoms with Crippen molar-refractivity contribution in [2.75, 3.05) is 19.8 Å². The lowest BCUT2D eigenvalue weighted by Gasteiger charge is -2.34. The monoisotopic (exact) mass is 678 g/mol. The first kappa shape index (κ1) is 38.7. The molecule has 3 nitrogen and oxygen atoms in total. The standard InChI is InChI=1S/C13H6F23O3P/c14-4(15,7(20,21)10(26,27)13(34,35)36)1-37-40(38-2-5(16,17)8(22,23)11(28,29)30)39-3-6(18,19)9(24,25)12(31,32)33/h1-3H2. The Kier molecular flexibility index (Phi) is 10.7. The molecule has 0 saturated heterocycles. The van der Waals surface area contributed by atoms with E-state index in [1.165, 1.54) is 0 Å². The molecule has 0 aliphatic carbocycles. The van der Waals surface area contributed by atoms with Crippen LogP contribution < -0.4 is 0 Å². The Hall–Kier alpha value is -1.30. The lowest BCUT2D eigenvalue weighted by Crippen LogP contribution is -2.62. The van der Waals surface area contributed by atoms with E-state index in [-0.39, 0.29) is 0 Å². The van der Waals surface area contributed by atoms with Crippen LogP contribution in [0.4, 0.5) is 101 Å². The maximum Gasteiger partial charge on any atom is 0.460 e. The van der Waals surface area contributed by atoms with Crippen molar-refractivity contribution in [2.24, 2.45) is 0 Å². The summed E-state index contributed by atoms with van der Waals surface area (Å²) < 4.78 is 301. The van der Waals surface area contributed by atoms with Crippen molar-refractivity contribution in [3.8, 4) is 0 Å². The molecule has 0 atom stereocenters. The average Bonchev–Trinajstić information content (AvgIpc) is 2.69. The third-order valence-electron chi connectivity index (χ3n) is 3.89. The van der Waals surface area contributed by atoms with Crippen molar-refractivity contribution < 1.29 is 115 Å². The lowest BCUT2D eigenvalue weighted by molar-refractivity contribution is -0.398. The Morgan fingerprint density at radius 1 is 0.300 bits per heavy atom. The minimum absolute atomic E-state index is 3.06. The van der Waals surface area contributed by atoms with Crippen molar-refractivity contribution in [1.82, 2.24) is 0 Å². The largest absolute Gasteiger partial charge is 0.460 e. The number of rotatable bonds is 13. The molecule has 0 aliphatic rings. The van der Waals surface area contributed by atoms with Crippen LogP contribution in [0.25, 0.3) is 0 Å². The molecule has 0 aromatic carbocycles. The Bertz CT molecular complexity index is 800. The second-order valence-corrected chi connectivity index (χ2v) is 8.17. The lowest BCUT2D eigenvalue weighted by atomic mass is 10.1. The van der Waals surface area contributed by atoms with Gasteiger partial charge in [-0.25, -0.2) is 0 Å². The first-order chi connectivity index (χ1) is 17.0.